The number of aliphatic hydroxyl groups is 1. The quantitative estimate of drug-likeness (QED) is 0.891. The van der Waals surface area contributed by atoms with Crippen LogP contribution in [0.3, 0.4) is 0 Å². The largest absolute Gasteiger partial charge is 0.394 e. The zero-order valence-corrected chi connectivity index (χ0v) is 10.3. The van der Waals surface area contributed by atoms with Gasteiger partial charge >= 0.3 is 0 Å². The molecule has 1 unspecified atom stereocenters. The number of aliphatic hydroxyl groups excluding tert-OH is 1. The molecule has 0 bridgehead atoms. The van der Waals surface area contributed by atoms with E-state index < -0.39 is 5.54 Å². The van der Waals surface area contributed by atoms with Crippen molar-refractivity contribution >= 4 is 27.5 Å². The van der Waals surface area contributed by atoms with Crippen molar-refractivity contribution in [3.63, 3.8) is 0 Å². The Balaban J connectivity index is 2.83. The van der Waals surface area contributed by atoms with Crippen LogP contribution in [0.15, 0.2) is 22.7 Å². The van der Waals surface area contributed by atoms with Gasteiger partial charge in [0.15, 0.2) is 0 Å². The summed E-state index contributed by atoms with van der Waals surface area (Å²) in [6, 6.07) is 5.64. The standard InChI is InChI=1S/C10H13BrClNO/c1-10(13,6-14)5-7-2-3-9(12)8(11)4-7/h2-4,14H,5-6,13H2,1H3. The van der Waals surface area contributed by atoms with Gasteiger partial charge in [0.25, 0.3) is 0 Å². The van der Waals surface area contributed by atoms with Gasteiger partial charge in [0, 0.05) is 10.0 Å². The molecule has 0 fully saturated rings. The predicted molar refractivity (Wildman–Crippen MR) is 62.5 cm³/mol. The summed E-state index contributed by atoms with van der Waals surface area (Å²) in [5.41, 5.74) is 6.32. The van der Waals surface area contributed by atoms with E-state index in [0.29, 0.717) is 11.4 Å². The first-order valence-corrected chi connectivity index (χ1v) is 5.45. The molecule has 78 valence electrons. The molecule has 0 aliphatic carbocycles. The van der Waals surface area contributed by atoms with E-state index in [1.807, 2.05) is 25.1 Å². The fraction of sp³-hybridized carbons (Fsp3) is 0.400. The van der Waals surface area contributed by atoms with Crippen LogP contribution < -0.4 is 5.73 Å². The SMILES string of the molecule is CC(N)(CO)Cc1ccc(Cl)c(Br)c1. The van der Waals surface area contributed by atoms with Crippen LogP contribution in [-0.4, -0.2) is 17.3 Å². The van der Waals surface area contributed by atoms with Crippen molar-refractivity contribution in [3.05, 3.63) is 33.3 Å². The third-order valence-electron chi connectivity index (χ3n) is 1.95. The molecule has 0 aliphatic rings. The third-order valence-corrected chi connectivity index (χ3v) is 3.17. The molecule has 0 amide bonds. The lowest BCUT2D eigenvalue weighted by molar-refractivity contribution is 0.208. The van der Waals surface area contributed by atoms with Gasteiger partial charge in [-0.2, -0.15) is 0 Å². The second kappa shape index (κ2) is 4.62. The Morgan fingerprint density at radius 1 is 1.57 bits per heavy atom. The molecule has 2 nitrogen and oxygen atoms in total. The van der Waals surface area contributed by atoms with Gasteiger partial charge in [-0.05, 0) is 47.0 Å². The van der Waals surface area contributed by atoms with E-state index in [9.17, 15) is 0 Å². The Bertz CT molecular complexity index is 328. The van der Waals surface area contributed by atoms with Gasteiger partial charge in [-0.25, -0.2) is 0 Å². The highest BCUT2D eigenvalue weighted by Crippen LogP contribution is 2.24. The molecule has 1 aromatic carbocycles. The maximum Gasteiger partial charge on any atom is 0.0611 e. The smallest absolute Gasteiger partial charge is 0.0611 e. The normalized spacial score (nSPS) is 15.2. The van der Waals surface area contributed by atoms with Crippen LogP contribution in [-0.2, 0) is 6.42 Å². The van der Waals surface area contributed by atoms with Gasteiger partial charge in [0.2, 0.25) is 0 Å². The molecule has 0 heterocycles. The van der Waals surface area contributed by atoms with Crippen molar-refractivity contribution in [2.75, 3.05) is 6.61 Å². The topological polar surface area (TPSA) is 46.2 Å². The van der Waals surface area contributed by atoms with E-state index in [2.05, 4.69) is 15.9 Å². The van der Waals surface area contributed by atoms with Crippen molar-refractivity contribution in [3.8, 4) is 0 Å². The monoisotopic (exact) mass is 277 g/mol. The summed E-state index contributed by atoms with van der Waals surface area (Å²) in [5, 5.41) is 9.69. The Morgan fingerprint density at radius 2 is 2.21 bits per heavy atom. The number of nitrogens with two attached hydrogens (primary N) is 1. The van der Waals surface area contributed by atoms with Crippen molar-refractivity contribution in [2.24, 2.45) is 5.73 Å². The van der Waals surface area contributed by atoms with Crippen molar-refractivity contribution < 1.29 is 5.11 Å². The Morgan fingerprint density at radius 3 is 2.71 bits per heavy atom. The minimum absolute atomic E-state index is 0.0345. The minimum atomic E-state index is -0.576. The lowest BCUT2D eigenvalue weighted by atomic mass is 9.95. The minimum Gasteiger partial charge on any atom is -0.394 e. The van der Waals surface area contributed by atoms with E-state index in [-0.39, 0.29) is 6.61 Å². The summed E-state index contributed by atoms with van der Waals surface area (Å²) in [4.78, 5) is 0. The molecular weight excluding hydrogens is 265 g/mol. The zero-order chi connectivity index (χ0) is 10.8. The average molecular weight is 279 g/mol. The first kappa shape index (κ1) is 12.0. The third kappa shape index (κ3) is 3.24. The van der Waals surface area contributed by atoms with Crippen molar-refractivity contribution in [2.45, 2.75) is 18.9 Å². The van der Waals surface area contributed by atoms with Gasteiger partial charge in [-0.3, -0.25) is 0 Å². The molecule has 0 spiro atoms. The summed E-state index contributed by atoms with van der Waals surface area (Å²) >= 11 is 9.20. The molecule has 1 rings (SSSR count). The highest BCUT2D eigenvalue weighted by molar-refractivity contribution is 9.10. The molecule has 0 saturated heterocycles. The summed E-state index contributed by atoms with van der Waals surface area (Å²) in [6.07, 6.45) is 0.624. The molecule has 4 heteroatoms. The van der Waals surface area contributed by atoms with Crippen LogP contribution in [0.5, 0.6) is 0 Å². The Hall–Kier alpha value is -0.0900. The van der Waals surface area contributed by atoms with Gasteiger partial charge in [-0.15, -0.1) is 0 Å². The molecule has 3 N–H and O–H groups in total. The van der Waals surface area contributed by atoms with Gasteiger partial charge < -0.3 is 10.8 Å². The maximum atomic E-state index is 9.02. The van der Waals surface area contributed by atoms with E-state index in [4.69, 9.17) is 22.4 Å². The van der Waals surface area contributed by atoms with Crippen LogP contribution in [0, 0.1) is 0 Å². The van der Waals surface area contributed by atoms with Crippen LogP contribution in [0.2, 0.25) is 5.02 Å². The number of benzene rings is 1. The fourth-order valence-corrected chi connectivity index (χ4v) is 1.72. The average Bonchev–Trinajstić information content (AvgIpc) is 2.11. The summed E-state index contributed by atoms with van der Waals surface area (Å²) in [5.74, 6) is 0. The Labute approximate surface area is 97.2 Å². The number of hydrogen-bond acceptors (Lipinski definition) is 2. The summed E-state index contributed by atoms with van der Waals surface area (Å²) in [6.45, 7) is 1.78. The molecule has 1 aromatic rings. The van der Waals surface area contributed by atoms with E-state index >= 15 is 0 Å². The van der Waals surface area contributed by atoms with Crippen LogP contribution in [0.25, 0.3) is 0 Å². The number of rotatable bonds is 3. The second-order valence-electron chi connectivity index (χ2n) is 3.74. The first-order chi connectivity index (χ1) is 6.44. The van der Waals surface area contributed by atoms with E-state index in [1.54, 1.807) is 0 Å². The first-order valence-electron chi connectivity index (χ1n) is 4.28. The molecular formula is C10H13BrClNO. The van der Waals surface area contributed by atoms with Gasteiger partial charge in [0.05, 0.1) is 11.6 Å². The number of halogens is 2. The number of hydrogen-bond donors (Lipinski definition) is 2. The van der Waals surface area contributed by atoms with E-state index in [0.717, 1.165) is 10.0 Å². The molecule has 14 heavy (non-hydrogen) atoms. The molecule has 0 radical (unpaired) electrons. The highest BCUT2D eigenvalue weighted by atomic mass is 79.9. The second-order valence-corrected chi connectivity index (χ2v) is 5.00. The molecule has 0 aromatic heterocycles. The predicted octanol–water partition coefficient (Wildman–Crippen LogP) is 2.35. The summed E-state index contributed by atoms with van der Waals surface area (Å²) in [7, 11) is 0. The molecule has 0 aliphatic heterocycles. The van der Waals surface area contributed by atoms with Gasteiger partial charge in [0.1, 0.15) is 0 Å². The van der Waals surface area contributed by atoms with Crippen LogP contribution in [0.4, 0.5) is 0 Å². The van der Waals surface area contributed by atoms with Gasteiger partial charge in [-0.1, -0.05) is 17.7 Å². The fourth-order valence-electron chi connectivity index (χ4n) is 1.17. The Kier molecular flexibility index (Phi) is 3.95. The lowest BCUT2D eigenvalue weighted by Crippen LogP contribution is -2.42. The zero-order valence-electron chi connectivity index (χ0n) is 7.93. The lowest BCUT2D eigenvalue weighted by Gasteiger charge is -2.21. The van der Waals surface area contributed by atoms with E-state index in [1.165, 1.54) is 0 Å². The maximum absolute atomic E-state index is 9.02. The van der Waals surface area contributed by atoms with Crippen molar-refractivity contribution in [1.82, 2.24) is 0 Å². The molecule has 0 saturated carbocycles. The summed E-state index contributed by atoms with van der Waals surface area (Å²) < 4.78 is 0.852. The highest BCUT2D eigenvalue weighted by Gasteiger charge is 2.17. The van der Waals surface area contributed by atoms with Crippen LogP contribution in [0.1, 0.15) is 12.5 Å². The van der Waals surface area contributed by atoms with Crippen molar-refractivity contribution in [1.29, 1.82) is 0 Å². The molecule has 1 atom stereocenters. The van der Waals surface area contributed by atoms with Crippen LogP contribution >= 0.6 is 27.5 Å².